The minimum Gasteiger partial charge on any atom is -0.374 e. The molecule has 1 amide bonds. The van der Waals surface area contributed by atoms with Gasteiger partial charge in [-0.1, -0.05) is 24.3 Å². The molecular formula is C17H19IN2O. The highest BCUT2D eigenvalue weighted by atomic mass is 127. The maximum atomic E-state index is 12.3. The first-order valence-electron chi connectivity index (χ1n) is 6.86. The van der Waals surface area contributed by atoms with Gasteiger partial charge in [0.05, 0.1) is 0 Å². The molecule has 0 aliphatic carbocycles. The van der Waals surface area contributed by atoms with Crippen molar-refractivity contribution < 1.29 is 4.79 Å². The smallest absolute Gasteiger partial charge is 0.246 e. The van der Waals surface area contributed by atoms with Crippen LogP contribution in [0.4, 0.5) is 11.4 Å². The second-order valence-electron chi connectivity index (χ2n) is 5.13. The Hall–Kier alpha value is -1.56. The lowest BCUT2D eigenvalue weighted by atomic mass is 10.1. The van der Waals surface area contributed by atoms with Crippen LogP contribution in [0.3, 0.4) is 0 Å². The SMILES string of the molecule is Cc1cccc(C)c1NC(=O)C(C)Nc1cccc(I)c1. The van der Waals surface area contributed by atoms with Crippen LogP contribution in [0.15, 0.2) is 42.5 Å². The van der Waals surface area contributed by atoms with Crippen molar-refractivity contribution in [3.63, 3.8) is 0 Å². The van der Waals surface area contributed by atoms with E-state index in [4.69, 9.17) is 0 Å². The van der Waals surface area contributed by atoms with Crippen molar-refractivity contribution in [3.05, 3.63) is 57.2 Å². The number of benzene rings is 2. The lowest BCUT2D eigenvalue weighted by molar-refractivity contribution is -0.116. The van der Waals surface area contributed by atoms with Crippen molar-refractivity contribution in [1.82, 2.24) is 0 Å². The largest absolute Gasteiger partial charge is 0.374 e. The van der Waals surface area contributed by atoms with E-state index in [0.29, 0.717) is 0 Å². The van der Waals surface area contributed by atoms with Gasteiger partial charge in [-0.2, -0.15) is 0 Å². The summed E-state index contributed by atoms with van der Waals surface area (Å²) in [6.07, 6.45) is 0. The number of para-hydroxylation sites is 1. The number of rotatable bonds is 4. The molecule has 0 aliphatic heterocycles. The summed E-state index contributed by atoms with van der Waals surface area (Å²) in [6.45, 7) is 5.86. The van der Waals surface area contributed by atoms with Crippen LogP contribution in [0.2, 0.25) is 0 Å². The maximum absolute atomic E-state index is 12.3. The molecule has 1 unspecified atom stereocenters. The molecule has 0 saturated heterocycles. The first-order valence-corrected chi connectivity index (χ1v) is 7.94. The second kappa shape index (κ2) is 6.93. The van der Waals surface area contributed by atoms with Crippen LogP contribution in [0.1, 0.15) is 18.1 Å². The molecule has 0 aromatic heterocycles. The van der Waals surface area contributed by atoms with Crippen LogP contribution >= 0.6 is 22.6 Å². The van der Waals surface area contributed by atoms with E-state index in [1.54, 1.807) is 0 Å². The lowest BCUT2D eigenvalue weighted by Crippen LogP contribution is -2.32. The summed E-state index contributed by atoms with van der Waals surface area (Å²) in [7, 11) is 0. The zero-order valence-corrected chi connectivity index (χ0v) is 14.6. The lowest BCUT2D eigenvalue weighted by Gasteiger charge is -2.17. The molecule has 0 spiro atoms. The summed E-state index contributed by atoms with van der Waals surface area (Å²) in [5.41, 5.74) is 4.00. The Bertz CT molecular complexity index is 635. The molecule has 2 aromatic carbocycles. The normalized spacial score (nSPS) is 11.8. The van der Waals surface area contributed by atoms with Gasteiger partial charge in [0.15, 0.2) is 0 Å². The molecule has 110 valence electrons. The fraction of sp³-hybridized carbons (Fsp3) is 0.235. The standard InChI is InChI=1S/C17H19IN2O/c1-11-6-4-7-12(2)16(11)20-17(21)13(3)19-15-9-5-8-14(18)10-15/h4-10,13,19H,1-3H3,(H,20,21). The van der Waals surface area contributed by atoms with Gasteiger partial charge in [0.2, 0.25) is 5.91 Å². The molecule has 0 bridgehead atoms. The third kappa shape index (κ3) is 4.20. The molecule has 0 heterocycles. The maximum Gasteiger partial charge on any atom is 0.246 e. The fourth-order valence-electron chi connectivity index (χ4n) is 2.14. The molecule has 0 aliphatic rings. The van der Waals surface area contributed by atoms with Gasteiger partial charge >= 0.3 is 0 Å². The minimum absolute atomic E-state index is 0.0359. The second-order valence-corrected chi connectivity index (χ2v) is 6.38. The first-order chi connectivity index (χ1) is 9.97. The molecule has 0 radical (unpaired) electrons. The molecule has 2 N–H and O–H groups in total. The van der Waals surface area contributed by atoms with Gasteiger partial charge in [-0.05, 0) is 72.7 Å². The predicted octanol–water partition coefficient (Wildman–Crippen LogP) is 4.35. The van der Waals surface area contributed by atoms with E-state index in [9.17, 15) is 4.79 Å². The van der Waals surface area contributed by atoms with E-state index in [0.717, 1.165) is 26.1 Å². The number of hydrogen-bond acceptors (Lipinski definition) is 2. The Balaban J connectivity index is 2.06. The van der Waals surface area contributed by atoms with Gasteiger partial charge in [0, 0.05) is 14.9 Å². The number of anilines is 2. The van der Waals surface area contributed by atoms with Crippen molar-refractivity contribution >= 4 is 39.9 Å². The molecule has 2 aromatic rings. The number of halogens is 1. The summed E-state index contributed by atoms with van der Waals surface area (Å²) in [5, 5.41) is 6.23. The Morgan fingerprint density at radius 2 is 1.71 bits per heavy atom. The van der Waals surface area contributed by atoms with Crippen LogP contribution in [-0.4, -0.2) is 11.9 Å². The molecule has 4 heteroatoms. The molecule has 3 nitrogen and oxygen atoms in total. The molecule has 21 heavy (non-hydrogen) atoms. The van der Waals surface area contributed by atoms with Crippen molar-refractivity contribution in [2.24, 2.45) is 0 Å². The third-order valence-corrected chi connectivity index (χ3v) is 4.00. The average molecular weight is 394 g/mol. The van der Waals surface area contributed by atoms with Gasteiger partial charge in [-0.25, -0.2) is 0 Å². The first kappa shape index (κ1) is 15.8. The van der Waals surface area contributed by atoms with Gasteiger partial charge in [0.1, 0.15) is 6.04 Å². The van der Waals surface area contributed by atoms with Crippen LogP contribution in [0.25, 0.3) is 0 Å². The van der Waals surface area contributed by atoms with E-state index in [1.165, 1.54) is 0 Å². The number of carbonyl (C=O) groups excluding carboxylic acids is 1. The Morgan fingerprint density at radius 3 is 2.33 bits per heavy atom. The zero-order valence-electron chi connectivity index (χ0n) is 12.4. The van der Waals surface area contributed by atoms with Gasteiger partial charge in [-0.15, -0.1) is 0 Å². The number of amides is 1. The van der Waals surface area contributed by atoms with E-state index in [1.807, 2.05) is 63.2 Å². The van der Waals surface area contributed by atoms with Crippen LogP contribution in [0.5, 0.6) is 0 Å². The quantitative estimate of drug-likeness (QED) is 0.758. The Morgan fingerprint density at radius 1 is 1.10 bits per heavy atom. The van der Waals surface area contributed by atoms with E-state index < -0.39 is 0 Å². The highest BCUT2D eigenvalue weighted by Gasteiger charge is 2.14. The summed E-state index contributed by atoms with van der Waals surface area (Å²) < 4.78 is 1.14. The number of aryl methyl sites for hydroxylation is 2. The van der Waals surface area contributed by atoms with Crippen LogP contribution in [-0.2, 0) is 4.79 Å². The van der Waals surface area contributed by atoms with Crippen molar-refractivity contribution in [3.8, 4) is 0 Å². The number of hydrogen-bond donors (Lipinski definition) is 2. The summed E-state index contributed by atoms with van der Waals surface area (Å²) in [5.74, 6) is -0.0359. The highest BCUT2D eigenvalue weighted by Crippen LogP contribution is 2.20. The highest BCUT2D eigenvalue weighted by molar-refractivity contribution is 14.1. The van der Waals surface area contributed by atoms with E-state index >= 15 is 0 Å². The van der Waals surface area contributed by atoms with Crippen molar-refractivity contribution in [2.45, 2.75) is 26.8 Å². The molecule has 0 saturated carbocycles. The minimum atomic E-state index is -0.304. The average Bonchev–Trinajstić information content (AvgIpc) is 2.43. The van der Waals surface area contributed by atoms with Crippen molar-refractivity contribution in [2.75, 3.05) is 10.6 Å². The number of carbonyl (C=O) groups is 1. The predicted molar refractivity (Wildman–Crippen MR) is 96.8 cm³/mol. The van der Waals surface area contributed by atoms with E-state index in [-0.39, 0.29) is 11.9 Å². The van der Waals surface area contributed by atoms with Crippen molar-refractivity contribution in [1.29, 1.82) is 0 Å². The Labute approximate surface area is 139 Å². The van der Waals surface area contributed by atoms with E-state index in [2.05, 4.69) is 33.2 Å². The van der Waals surface area contributed by atoms with Crippen LogP contribution < -0.4 is 10.6 Å². The van der Waals surface area contributed by atoms with Gasteiger partial charge in [0.25, 0.3) is 0 Å². The van der Waals surface area contributed by atoms with Crippen LogP contribution in [0, 0.1) is 17.4 Å². The summed E-state index contributed by atoms with van der Waals surface area (Å²) in [6, 6.07) is 13.7. The molecule has 2 rings (SSSR count). The molecular weight excluding hydrogens is 375 g/mol. The summed E-state index contributed by atoms with van der Waals surface area (Å²) >= 11 is 2.26. The molecule has 1 atom stereocenters. The summed E-state index contributed by atoms with van der Waals surface area (Å²) in [4.78, 5) is 12.3. The zero-order chi connectivity index (χ0) is 15.4. The topological polar surface area (TPSA) is 41.1 Å². The molecule has 0 fully saturated rings. The van der Waals surface area contributed by atoms with Gasteiger partial charge < -0.3 is 10.6 Å². The van der Waals surface area contributed by atoms with Gasteiger partial charge in [-0.3, -0.25) is 4.79 Å². The monoisotopic (exact) mass is 394 g/mol. The Kier molecular flexibility index (Phi) is 5.22. The fourth-order valence-corrected chi connectivity index (χ4v) is 2.68. The third-order valence-electron chi connectivity index (χ3n) is 3.33. The number of nitrogens with one attached hydrogen (secondary N) is 2.